The van der Waals surface area contributed by atoms with E-state index in [1.54, 1.807) is 0 Å². The first-order valence-electron chi connectivity index (χ1n) is 8.79. The average Bonchev–Trinajstić information content (AvgIpc) is 2.61. The minimum Gasteiger partial charge on any atom is -0.383 e. The molecule has 0 aliphatic carbocycles. The van der Waals surface area contributed by atoms with E-state index < -0.39 is 24.0 Å². The number of hydrogen-bond donors (Lipinski definition) is 3. The summed E-state index contributed by atoms with van der Waals surface area (Å²) in [5.41, 5.74) is 8.48. The molecule has 138 valence electrons. The number of rotatable bonds is 8. The summed E-state index contributed by atoms with van der Waals surface area (Å²) >= 11 is 0. The predicted octanol–water partition coefficient (Wildman–Crippen LogP) is 2.27. The minimum absolute atomic E-state index is 0.174. The second-order valence-electron chi connectivity index (χ2n) is 6.88. The van der Waals surface area contributed by atoms with Gasteiger partial charge in [-0.2, -0.15) is 0 Å². The van der Waals surface area contributed by atoms with E-state index in [1.807, 2.05) is 68.4 Å². The summed E-state index contributed by atoms with van der Waals surface area (Å²) in [6.07, 6.45) is -0.523. The van der Waals surface area contributed by atoms with E-state index in [4.69, 9.17) is 5.73 Å². The van der Waals surface area contributed by atoms with Crippen molar-refractivity contribution in [2.24, 2.45) is 11.7 Å². The van der Waals surface area contributed by atoms with Gasteiger partial charge in [0, 0.05) is 6.42 Å². The van der Waals surface area contributed by atoms with E-state index in [2.05, 4.69) is 5.32 Å². The first kappa shape index (κ1) is 19.7. The molecule has 26 heavy (non-hydrogen) atoms. The number of carbonyl (C=O) groups excluding carboxylic acids is 2. The van der Waals surface area contributed by atoms with Crippen molar-refractivity contribution in [3.8, 4) is 11.1 Å². The molecule has 5 heteroatoms. The smallest absolute Gasteiger partial charge is 0.249 e. The molecule has 2 aromatic rings. The Kier molecular flexibility index (Phi) is 6.92. The van der Waals surface area contributed by atoms with E-state index in [-0.39, 0.29) is 12.3 Å². The van der Waals surface area contributed by atoms with Crippen LogP contribution in [0.1, 0.15) is 25.8 Å². The molecule has 0 bridgehead atoms. The van der Waals surface area contributed by atoms with Gasteiger partial charge in [-0.3, -0.25) is 9.59 Å². The summed E-state index contributed by atoms with van der Waals surface area (Å²) in [5.74, 6) is -1.01. The summed E-state index contributed by atoms with van der Waals surface area (Å²) in [5, 5.41) is 12.4. The Hall–Kier alpha value is -2.66. The van der Waals surface area contributed by atoms with Crippen LogP contribution in [-0.2, 0) is 16.0 Å². The Bertz CT molecular complexity index is 727. The maximum atomic E-state index is 12.1. The molecule has 2 aromatic carbocycles. The van der Waals surface area contributed by atoms with Gasteiger partial charge in [-0.25, -0.2) is 0 Å². The Morgan fingerprint density at radius 1 is 1.00 bits per heavy atom. The maximum absolute atomic E-state index is 12.1. The van der Waals surface area contributed by atoms with Gasteiger partial charge in [0.15, 0.2) is 0 Å². The van der Waals surface area contributed by atoms with Crippen LogP contribution in [0.4, 0.5) is 0 Å². The molecule has 0 fully saturated rings. The molecular formula is C21H26N2O3. The van der Waals surface area contributed by atoms with Crippen LogP contribution in [0.2, 0.25) is 0 Å². The SMILES string of the molecule is CC(C)C[C@H](O)C(=O)N[C@H](Cc1ccc(-c2ccccc2)cc1)C(N)=O. The molecular weight excluding hydrogens is 328 g/mol. The Balaban J connectivity index is 2.03. The minimum atomic E-state index is -1.14. The largest absolute Gasteiger partial charge is 0.383 e. The number of carbonyl (C=O) groups is 2. The van der Waals surface area contributed by atoms with Crippen LogP contribution in [0, 0.1) is 5.92 Å². The zero-order chi connectivity index (χ0) is 19.1. The number of aliphatic hydroxyl groups excluding tert-OH is 1. The molecule has 4 N–H and O–H groups in total. The van der Waals surface area contributed by atoms with Crippen molar-refractivity contribution in [1.29, 1.82) is 0 Å². The molecule has 5 nitrogen and oxygen atoms in total. The number of primary amides is 1. The third kappa shape index (κ3) is 5.70. The van der Waals surface area contributed by atoms with Gasteiger partial charge < -0.3 is 16.2 Å². The summed E-state index contributed by atoms with van der Waals surface area (Å²) in [6, 6.07) is 16.9. The van der Waals surface area contributed by atoms with Crippen LogP contribution in [0.3, 0.4) is 0 Å². The third-order valence-corrected chi connectivity index (χ3v) is 4.16. The first-order chi connectivity index (χ1) is 12.4. The summed E-state index contributed by atoms with van der Waals surface area (Å²) in [7, 11) is 0. The number of nitrogens with one attached hydrogen (secondary N) is 1. The predicted molar refractivity (Wildman–Crippen MR) is 102 cm³/mol. The van der Waals surface area contributed by atoms with Gasteiger partial charge >= 0.3 is 0 Å². The summed E-state index contributed by atoms with van der Waals surface area (Å²) in [4.78, 5) is 23.8. The van der Waals surface area contributed by atoms with Crippen LogP contribution in [-0.4, -0.2) is 29.1 Å². The molecule has 0 aliphatic heterocycles. The number of benzene rings is 2. The average molecular weight is 354 g/mol. The van der Waals surface area contributed by atoms with E-state index in [9.17, 15) is 14.7 Å². The molecule has 0 unspecified atom stereocenters. The van der Waals surface area contributed by atoms with Crippen molar-refractivity contribution in [2.45, 2.75) is 38.8 Å². The van der Waals surface area contributed by atoms with E-state index in [1.165, 1.54) is 0 Å². The van der Waals surface area contributed by atoms with Gasteiger partial charge in [-0.1, -0.05) is 68.4 Å². The van der Waals surface area contributed by atoms with Crippen LogP contribution in [0.25, 0.3) is 11.1 Å². The summed E-state index contributed by atoms with van der Waals surface area (Å²) < 4.78 is 0. The van der Waals surface area contributed by atoms with E-state index >= 15 is 0 Å². The quantitative estimate of drug-likeness (QED) is 0.679. The van der Waals surface area contributed by atoms with Gasteiger partial charge in [-0.15, -0.1) is 0 Å². The highest BCUT2D eigenvalue weighted by molar-refractivity contribution is 5.88. The fourth-order valence-corrected chi connectivity index (χ4v) is 2.74. The molecule has 2 amide bonds. The normalized spacial score (nSPS) is 13.2. The molecule has 2 rings (SSSR count). The monoisotopic (exact) mass is 354 g/mol. The van der Waals surface area contributed by atoms with Crippen molar-refractivity contribution in [3.05, 3.63) is 60.2 Å². The van der Waals surface area contributed by atoms with Crippen LogP contribution in [0.15, 0.2) is 54.6 Å². The fourth-order valence-electron chi connectivity index (χ4n) is 2.74. The third-order valence-electron chi connectivity index (χ3n) is 4.16. The lowest BCUT2D eigenvalue weighted by Crippen LogP contribution is -2.49. The number of nitrogens with two attached hydrogens (primary N) is 1. The second kappa shape index (κ2) is 9.15. The molecule has 0 spiro atoms. The van der Waals surface area contributed by atoms with Gasteiger partial charge in [0.1, 0.15) is 12.1 Å². The Labute approximate surface area is 154 Å². The lowest BCUT2D eigenvalue weighted by atomic mass is 10.00. The molecule has 0 radical (unpaired) electrons. The lowest BCUT2D eigenvalue weighted by Gasteiger charge is -2.19. The molecule has 0 saturated heterocycles. The zero-order valence-electron chi connectivity index (χ0n) is 15.2. The molecule has 0 heterocycles. The van der Waals surface area contributed by atoms with Crippen molar-refractivity contribution in [1.82, 2.24) is 5.32 Å². The van der Waals surface area contributed by atoms with Crippen molar-refractivity contribution >= 4 is 11.8 Å². The van der Waals surface area contributed by atoms with Crippen LogP contribution < -0.4 is 11.1 Å². The van der Waals surface area contributed by atoms with Crippen molar-refractivity contribution in [3.63, 3.8) is 0 Å². The van der Waals surface area contributed by atoms with Gasteiger partial charge in [0.2, 0.25) is 11.8 Å². The topological polar surface area (TPSA) is 92.4 Å². The van der Waals surface area contributed by atoms with Gasteiger partial charge in [0.25, 0.3) is 0 Å². The van der Waals surface area contributed by atoms with E-state index in [0.717, 1.165) is 16.7 Å². The highest BCUT2D eigenvalue weighted by Gasteiger charge is 2.23. The van der Waals surface area contributed by atoms with Crippen molar-refractivity contribution in [2.75, 3.05) is 0 Å². The van der Waals surface area contributed by atoms with E-state index in [0.29, 0.717) is 6.42 Å². The Morgan fingerprint density at radius 2 is 1.58 bits per heavy atom. The number of hydrogen-bond acceptors (Lipinski definition) is 3. The Morgan fingerprint density at radius 3 is 2.12 bits per heavy atom. The summed E-state index contributed by atoms with van der Waals surface area (Å²) in [6.45, 7) is 3.83. The number of aliphatic hydroxyl groups is 1. The van der Waals surface area contributed by atoms with Crippen LogP contribution in [0.5, 0.6) is 0 Å². The van der Waals surface area contributed by atoms with Crippen molar-refractivity contribution < 1.29 is 14.7 Å². The standard InChI is InChI=1S/C21H26N2O3/c1-14(2)12-19(24)21(26)23-18(20(22)25)13-15-8-10-17(11-9-15)16-6-4-3-5-7-16/h3-11,14,18-19,24H,12-13H2,1-2H3,(H2,22,25)(H,23,26)/t18-,19+/m1/s1. The molecule has 2 atom stereocenters. The maximum Gasteiger partial charge on any atom is 0.249 e. The first-order valence-corrected chi connectivity index (χ1v) is 8.79. The van der Waals surface area contributed by atoms with Crippen LogP contribution >= 0.6 is 0 Å². The second-order valence-corrected chi connectivity index (χ2v) is 6.88. The molecule has 0 aliphatic rings. The number of amides is 2. The molecule has 0 saturated carbocycles. The van der Waals surface area contributed by atoms with Gasteiger partial charge in [0.05, 0.1) is 0 Å². The lowest BCUT2D eigenvalue weighted by molar-refractivity contribution is -0.133. The fraction of sp³-hybridized carbons (Fsp3) is 0.333. The highest BCUT2D eigenvalue weighted by atomic mass is 16.3. The molecule has 0 aromatic heterocycles. The zero-order valence-corrected chi connectivity index (χ0v) is 15.2. The van der Waals surface area contributed by atoms with Gasteiger partial charge in [-0.05, 0) is 29.0 Å². The highest BCUT2D eigenvalue weighted by Crippen LogP contribution is 2.19.